The Kier molecular flexibility index (Phi) is 18.6. The Morgan fingerprint density at radius 3 is 1.13 bits per heavy atom. The average Bonchev–Trinajstić information content (AvgIpc) is 1.58. The van der Waals surface area contributed by atoms with Crippen LogP contribution in [0, 0.1) is 0 Å². The average molecular weight is 1730 g/mol. The molecule has 0 atom stereocenters. The minimum atomic E-state index is 0.569. The molecule has 19 aromatic carbocycles. The molecular formula is C123H76N10O2. The highest BCUT2D eigenvalue weighted by Crippen LogP contribution is 2.45. The highest BCUT2D eigenvalue weighted by atomic mass is 16.3. The van der Waals surface area contributed by atoms with Crippen LogP contribution in [0.15, 0.2) is 470 Å². The lowest BCUT2D eigenvalue weighted by molar-refractivity contribution is 0.668. The van der Waals surface area contributed by atoms with Crippen LogP contribution in [-0.2, 0) is 0 Å². The summed E-state index contributed by atoms with van der Waals surface area (Å²) >= 11 is 0. The third-order valence-electron chi connectivity index (χ3n) is 26.3. The van der Waals surface area contributed by atoms with Crippen molar-refractivity contribution in [2.75, 3.05) is 0 Å². The van der Waals surface area contributed by atoms with Crippen molar-refractivity contribution in [1.29, 1.82) is 0 Å². The molecule has 0 unspecified atom stereocenters. The van der Waals surface area contributed by atoms with Crippen LogP contribution < -0.4 is 0 Å². The van der Waals surface area contributed by atoms with Gasteiger partial charge in [0.05, 0.1) is 73.3 Å². The van der Waals surface area contributed by atoms with Crippen LogP contribution in [0.2, 0.25) is 0 Å². The lowest BCUT2D eigenvalue weighted by atomic mass is 10.00. The van der Waals surface area contributed by atoms with Crippen molar-refractivity contribution in [1.82, 2.24) is 48.6 Å². The first-order valence-electron chi connectivity index (χ1n) is 45.4. The molecule has 28 rings (SSSR count). The molecule has 0 bridgehead atoms. The number of fused-ring (bicyclic) bond motifs is 22. The van der Waals surface area contributed by atoms with Gasteiger partial charge in [-0.2, -0.15) is 0 Å². The van der Waals surface area contributed by atoms with Crippen molar-refractivity contribution >= 4 is 153 Å². The zero-order valence-corrected chi connectivity index (χ0v) is 72.7. The first kappa shape index (κ1) is 77.7. The van der Waals surface area contributed by atoms with Gasteiger partial charge < -0.3 is 18.0 Å². The summed E-state index contributed by atoms with van der Waals surface area (Å²) in [4.78, 5) is 36.1. The van der Waals surface area contributed by atoms with Crippen LogP contribution in [0.1, 0.15) is 0 Å². The van der Waals surface area contributed by atoms with E-state index in [9.17, 15) is 0 Å². The number of pyridine rings is 2. The van der Waals surface area contributed by atoms with Gasteiger partial charge in [0.2, 0.25) is 5.95 Å². The van der Waals surface area contributed by atoms with Gasteiger partial charge in [0.1, 0.15) is 22.3 Å². The van der Waals surface area contributed by atoms with E-state index >= 15 is 0 Å². The van der Waals surface area contributed by atoms with E-state index in [1.165, 1.54) is 92.3 Å². The van der Waals surface area contributed by atoms with Gasteiger partial charge in [-0.15, -0.1) is 0 Å². The highest BCUT2D eigenvalue weighted by molar-refractivity contribution is 6.22. The number of nitrogens with zero attached hydrogens (tertiary/aromatic N) is 10. The predicted octanol–water partition coefficient (Wildman–Crippen LogP) is 31.9. The minimum Gasteiger partial charge on any atom is -0.456 e. The summed E-state index contributed by atoms with van der Waals surface area (Å²) in [7, 11) is 0. The van der Waals surface area contributed by atoms with Gasteiger partial charge in [-0.05, 0) is 142 Å². The Balaban J connectivity index is 0.000000108. The highest BCUT2D eigenvalue weighted by Gasteiger charge is 2.26. The number of para-hydroxylation sites is 6. The molecule has 0 amide bonds. The molecular weight excluding hydrogens is 1650 g/mol. The van der Waals surface area contributed by atoms with Crippen molar-refractivity contribution in [2.45, 2.75) is 0 Å². The Morgan fingerprint density at radius 1 is 0.200 bits per heavy atom. The standard InChI is InChI=1S/C49H28N4O2.C38H25N3.C36H23N3/c1-2-12-32-29(11-1)25-28-34-33-13-3-6-18-39(33)53(46(32)34)31-26-23-30(24-27-31)47-50-48(37-16-9-21-42-44(37)35-14-4-7-19-40(35)54-42)52-49(51-47)38-17-10-22-43-45(38)36-15-5-8-20-41(36)55-43;1-3-11-26(12-4-1)29-23-35(28-14-5-2-6-15-28)40-36(24-29)34-22-20-30(25-39-34)41-37-18-10-9-17-32(37)33-21-19-27-13-7-8-16-31(27)38(33)41;1-2-11-24(12-3-1)26-14-10-15-27(23-26)34-31-18-6-8-19-32(31)37-36(38-34)39-33-20-9-7-17-29(33)30-22-21-25-13-4-5-16-28(25)35(30)39/h1-28H;1-25H;1-23H. The number of aromatic nitrogens is 10. The molecule has 0 aliphatic rings. The van der Waals surface area contributed by atoms with E-state index in [0.717, 1.165) is 144 Å². The molecule has 0 radical (unpaired) electrons. The third-order valence-corrected chi connectivity index (χ3v) is 26.3. The molecule has 0 spiro atoms. The van der Waals surface area contributed by atoms with E-state index < -0.39 is 0 Å². The summed E-state index contributed by atoms with van der Waals surface area (Å²) in [6.07, 6.45) is 1.97. The van der Waals surface area contributed by atoms with Gasteiger partial charge in [0, 0.05) is 109 Å². The van der Waals surface area contributed by atoms with E-state index in [2.05, 4.69) is 372 Å². The Labute approximate surface area is 773 Å². The first-order valence-corrected chi connectivity index (χ1v) is 45.4. The number of furan rings is 2. The number of hydrogen-bond acceptors (Lipinski definition) is 9. The van der Waals surface area contributed by atoms with Crippen LogP contribution in [0.25, 0.3) is 260 Å². The summed E-state index contributed by atoms with van der Waals surface area (Å²) in [5.41, 5.74) is 26.2. The molecule has 12 heteroatoms. The van der Waals surface area contributed by atoms with E-state index in [0.29, 0.717) is 23.4 Å². The van der Waals surface area contributed by atoms with Crippen LogP contribution in [0.4, 0.5) is 0 Å². The maximum Gasteiger partial charge on any atom is 0.235 e. The van der Waals surface area contributed by atoms with Gasteiger partial charge in [-0.25, -0.2) is 29.9 Å². The van der Waals surface area contributed by atoms with E-state index in [1.807, 2.05) is 103 Å². The maximum atomic E-state index is 6.29. The van der Waals surface area contributed by atoms with Crippen molar-refractivity contribution in [3.63, 3.8) is 0 Å². The third kappa shape index (κ3) is 13.4. The summed E-state index contributed by atoms with van der Waals surface area (Å²) in [6, 6.07) is 159. The van der Waals surface area contributed by atoms with E-state index in [4.69, 9.17) is 43.7 Å². The molecule has 135 heavy (non-hydrogen) atoms. The van der Waals surface area contributed by atoms with Crippen molar-refractivity contribution < 1.29 is 8.83 Å². The fourth-order valence-electron chi connectivity index (χ4n) is 20.1. The Bertz CT molecular complexity index is 9380. The molecule has 630 valence electrons. The minimum absolute atomic E-state index is 0.569. The van der Waals surface area contributed by atoms with Crippen LogP contribution >= 0.6 is 0 Å². The molecule has 12 nitrogen and oxygen atoms in total. The van der Waals surface area contributed by atoms with Gasteiger partial charge in [0.25, 0.3) is 0 Å². The Morgan fingerprint density at radius 2 is 0.600 bits per heavy atom. The second kappa shape index (κ2) is 32.4. The molecule has 0 saturated heterocycles. The smallest absolute Gasteiger partial charge is 0.235 e. The first-order chi connectivity index (χ1) is 66.9. The fourth-order valence-corrected chi connectivity index (χ4v) is 20.1. The summed E-state index contributed by atoms with van der Waals surface area (Å²) in [6.45, 7) is 0. The van der Waals surface area contributed by atoms with Gasteiger partial charge in [0.15, 0.2) is 17.5 Å². The summed E-state index contributed by atoms with van der Waals surface area (Å²) in [5.74, 6) is 2.39. The lowest BCUT2D eigenvalue weighted by Crippen LogP contribution is -2.03. The van der Waals surface area contributed by atoms with Gasteiger partial charge in [-0.3, -0.25) is 9.55 Å². The molecule has 0 saturated carbocycles. The van der Waals surface area contributed by atoms with Crippen molar-refractivity contribution in [3.8, 4) is 108 Å². The van der Waals surface area contributed by atoms with Gasteiger partial charge >= 0.3 is 0 Å². The molecule has 9 heterocycles. The molecule has 0 aliphatic heterocycles. The second-order valence-electron chi connectivity index (χ2n) is 34.1. The molecule has 9 aromatic heterocycles. The monoisotopic (exact) mass is 1720 g/mol. The normalized spacial score (nSPS) is 11.7. The quantitative estimate of drug-likeness (QED) is 0.124. The molecule has 0 fully saturated rings. The number of rotatable bonds is 11. The predicted molar refractivity (Wildman–Crippen MR) is 555 cm³/mol. The maximum absolute atomic E-state index is 6.29. The second-order valence-corrected chi connectivity index (χ2v) is 34.1. The zero-order chi connectivity index (χ0) is 89.0. The van der Waals surface area contributed by atoms with Gasteiger partial charge in [-0.1, -0.05) is 352 Å². The van der Waals surface area contributed by atoms with Crippen LogP contribution in [0.5, 0.6) is 0 Å². The van der Waals surface area contributed by atoms with Crippen LogP contribution in [-0.4, -0.2) is 48.6 Å². The van der Waals surface area contributed by atoms with E-state index in [-0.39, 0.29) is 0 Å². The van der Waals surface area contributed by atoms with E-state index in [1.54, 1.807) is 0 Å². The fraction of sp³-hybridized carbons (Fsp3) is 0. The summed E-state index contributed by atoms with van der Waals surface area (Å²) in [5, 5.41) is 19.6. The topological polar surface area (TPSA) is 131 Å². The molecule has 0 aliphatic carbocycles. The summed E-state index contributed by atoms with van der Waals surface area (Å²) < 4.78 is 19.5. The zero-order valence-electron chi connectivity index (χ0n) is 72.7. The largest absolute Gasteiger partial charge is 0.456 e. The van der Waals surface area contributed by atoms with Crippen molar-refractivity contribution in [3.05, 3.63) is 461 Å². The number of benzene rings is 19. The lowest BCUT2D eigenvalue weighted by Gasteiger charge is -2.13. The Hall–Kier alpha value is -18.4. The molecule has 28 aromatic rings. The molecule has 0 N–H and O–H groups in total. The van der Waals surface area contributed by atoms with Crippen molar-refractivity contribution in [2.24, 2.45) is 0 Å². The number of hydrogen-bond donors (Lipinski definition) is 0. The SMILES string of the molecule is c1ccc(-c2cc(-c3ccccc3)nc(-c3ccc(-n4c5ccccc5c5ccc6ccccc6c54)cn3)c2)cc1.c1ccc(-c2cccc(-c3nc(-n4c5ccccc5c5ccc6ccccc6c54)nc4ccccc34)c2)cc1.c1ccc2c(c1)ccc1c3ccccc3n(-c3ccc(-c4nc(-c5cccc6oc7ccccc7c56)nc(-c5cccc6oc7ccccc7c56)n4)cc3)c21. The van der Waals surface area contributed by atoms with Crippen LogP contribution in [0.3, 0.4) is 0 Å².